The average molecular weight is 318 g/mol. The van der Waals surface area contributed by atoms with Gasteiger partial charge in [0.05, 0.1) is 0 Å². The third-order valence-electron chi connectivity index (χ3n) is 3.80. The summed E-state index contributed by atoms with van der Waals surface area (Å²) in [5, 5.41) is 3.38. The number of nitrogens with zero attached hydrogens (tertiary/aromatic N) is 1. The summed E-state index contributed by atoms with van der Waals surface area (Å²) in [6.07, 6.45) is 1.85. The van der Waals surface area contributed by atoms with Crippen molar-refractivity contribution in [2.75, 3.05) is 5.32 Å². The van der Waals surface area contributed by atoms with Crippen LogP contribution >= 0.6 is 0 Å². The minimum atomic E-state index is 0.496. The van der Waals surface area contributed by atoms with Crippen molar-refractivity contribution in [3.05, 3.63) is 84.1 Å². The number of nitrogens with one attached hydrogen (secondary N) is 1. The van der Waals surface area contributed by atoms with Crippen molar-refractivity contribution >= 4 is 5.82 Å². The van der Waals surface area contributed by atoms with E-state index in [0.29, 0.717) is 12.5 Å². The number of aromatic nitrogens is 1. The minimum Gasteiger partial charge on any atom is -0.457 e. The van der Waals surface area contributed by atoms with E-state index in [0.717, 1.165) is 22.9 Å². The molecule has 3 heteroatoms. The van der Waals surface area contributed by atoms with E-state index >= 15 is 0 Å². The van der Waals surface area contributed by atoms with Gasteiger partial charge in [0.25, 0.3) is 0 Å². The maximum atomic E-state index is 5.88. The molecule has 0 atom stereocenters. The van der Waals surface area contributed by atoms with E-state index in [4.69, 9.17) is 4.74 Å². The number of anilines is 1. The zero-order valence-corrected chi connectivity index (χ0v) is 14.1. The molecule has 0 spiro atoms. The van der Waals surface area contributed by atoms with Gasteiger partial charge < -0.3 is 10.1 Å². The van der Waals surface area contributed by atoms with Crippen LogP contribution in [-0.4, -0.2) is 4.98 Å². The SMILES string of the molecule is CC(C)c1ccnc(NCc2cccc(Oc3ccccc3)c2)c1. The van der Waals surface area contributed by atoms with Crippen molar-refractivity contribution in [2.45, 2.75) is 26.3 Å². The van der Waals surface area contributed by atoms with Crippen LogP contribution in [0.5, 0.6) is 11.5 Å². The third-order valence-corrected chi connectivity index (χ3v) is 3.80. The van der Waals surface area contributed by atoms with E-state index in [2.05, 4.69) is 42.3 Å². The lowest BCUT2D eigenvalue weighted by Crippen LogP contribution is -2.02. The molecule has 1 N–H and O–H groups in total. The molecule has 0 unspecified atom stereocenters. The highest BCUT2D eigenvalue weighted by atomic mass is 16.5. The lowest BCUT2D eigenvalue weighted by atomic mass is 10.1. The molecular weight excluding hydrogens is 296 g/mol. The van der Waals surface area contributed by atoms with Gasteiger partial charge >= 0.3 is 0 Å². The molecule has 1 aromatic heterocycles. The third kappa shape index (κ3) is 4.35. The number of benzene rings is 2. The van der Waals surface area contributed by atoms with Gasteiger partial charge in [-0.2, -0.15) is 0 Å². The summed E-state index contributed by atoms with van der Waals surface area (Å²) in [4.78, 5) is 4.38. The predicted molar refractivity (Wildman–Crippen MR) is 98.6 cm³/mol. The second-order valence-electron chi connectivity index (χ2n) is 6.05. The summed E-state index contributed by atoms with van der Waals surface area (Å²) >= 11 is 0. The summed E-state index contributed by atoms with van der Waals surface area (Å²) in [7, 11) is 0. The zero-order valence-electron chi connectivity index (χ0n) is 14.1. The number of para-hydroxylation sites is 1. The number of rotatable bonds is 6. The van der Waals surface area contributed by atoms with Gasteiger partial charge in [-0.15, -0.1) is 0 Å². The lowest BCUT2D eigenvalue weighted by Gasteiger charge is -2.11. The Morgan fingerprint density at radius 2 is 1.71 bits per heavy atom. The molecule has 122 valence electrons. The highest BCUT2D eigenvalue weighted by Crippen LogP contribution is 2.22. The van der Waals surface area contributed by atoms with E-state index in [-0.39, 0.29) is 0 Å². The number of hydrogen-bond acceptors (Lipinski definition) is 3. The second kappa shape index (κ2) is 7.64. The molecule has 3 aromatic rings. The van der Waals surface area contributed by atoms with Crippen LogP contribution in [0.15, 0.2) is 72.9 Å². The molecule has 0 radical (unpaired) electrons. The Balaban J connectivity index is 1.65. The summed E-state index contributed by atoms with van der Waals surface area (Å²) in [6.45, 7) is 5.08. The fourth-order valence-corrected chi connectivity index (χ4v) is 2.44. The zero-order chi connectivity index (χ0) is 16.8. The predicted octanol–water partition coefficient (Wildman–Crippen LogP) is 5.61. The maximum Gasteiger partial charge on any atom is 0.127 e. The largest absolute Gasteiger partial charge is 0.457 e. The molecule has 3 rings (SSSR count). The van der Waals surface area contributed by atoms with E-state index < -0.39 is 0 Å². The van der Waals surface area contributed by atoms with Crippen molar-refractivity contribution in [1.82, 2.24) is 4.98 Å². The Hall–Kier alpha value is -2.81. The number of pyridine rings is 1. The summed E-state index contributed by atoms with van der Waals surface area (Å²) in [5.74, 6) is 3.07. The van der Waals surface area contributed by atoms with E-state index in [9.17, 15) is 0 Å². The highest BCUT2D eigenvalue weighted by molar-refractivity contribution is 5.41. The van der Waals surface area contributed by atoms with Crippen molar-refractivity contribution in [3.63, 3.8) is 0 Å². The second-order valence-corrected chi connectivity index (χ2v) is 6.05. The van der Waals surface area contributed by atoms with Crippen molar-refractivity contribution < 1.29 is 4.74 Å². The van der Waals surface area contributed by atoms with Crippen LogP contribution in [0.4, 0.5) is 5.82 Å². The van der Waals surface area contributed by atoms with E-state index in [1.165, 1.54) is 5.56 Å². The van der Waals surface area contributed by atoms with E-state index in [1.54, 1.807) is 0 Å². The Morgan fingerprint density at radius 3 is 2.50 bits per heavy atom. The molecule has 0 aliphatic carbocycles. The average Bonchev–Trinajstić information content (AvgIpc) is 2.61. The van der Waals surface area contributed by atoms with Crippen molar-refractivity contribution in [2.24, 2.45) is 0 Å². The Morgan fingerprint density at radius 1 is 0.917 bits per heavy atom. The van der Waals surface area contributed by atoms with Crippen molar-refractivity contribution in [3.8, 4) is 11.5 Å². The fourth-order valence-electron chi connectivity index (χ4n) is 2.44. The Kier molecular flexibility index (Phi) is 5.12. The van der Waals surface area contributed by atoms with Crippen LogP contribution in [0.1, 0.15) is 30.9 Å². The lowest BCUT2D eigenvalue weighted by molar-refractivity contribution is 0.482. The molecule has 0 saturated carbocycles. The van der Waals surface area contributed by atoms with Gasteiger partial charge in [-0.05, 0) is 53.4 Å². The first-order chi connectivity index (χ1) is 11.7. The normalized spacial score (nSPS) is 10.6. The molecule has 0 aliphatic heterocycles. The van der Waals surface area contributed by atoms with Crippen LogP contribution in [0.25, 0.3) is 0 Å². The van der Waals surface area contributed by atoms with Crippen LogP contribution in [0.3, 0.4) is 0 Å². The number of hydrogen-bond donors (Lipinski definition) is 1. The highest BCUT2D eigenvalue weighted by Gasteiger charge is 2.03. The number of ether oxygens (including phenoxy) is 1. The van der Waals surface area contributed by atoms with Crippen LogP contribution in [-0.2, 0) is 6.54 Å². The Labute approximate surface area is 143 Å². The van der Waals surface area contributed by atoms with Crippen LogP contribution in [0, 0.1) is 0 Å². The molecule has 0 saturated heterocycles. The van der Waals surface area contributed by atoms with Crippen molar-refractivity contribution in [1.29, 1.82) is 0 Å². The minimum absolute atomic E-state index is 0.496. The smallest absolute Gasteiger partial charge is 0.127 e. The molecule has 0 aliphatic rings. The first-order valence-corrected chi connectivity index (χ1v) is 8.22. The standard InChI is InChI=1S/C21H22N2O/c1-16(2)18-11-12-22-21(14-18)23-15-17-7-6-10-20(13-17)24-19-8-4-3-5-9-19/h3-14,16H,15H2,1-2H3,(H,22,23). The van der Waals surface area contributed by atoms with Gasteiger partial charge in [0.1, 0.15) is 17.3 Å². The van der Waals surface area contributed by atoms with Gasteiger partial charge in [0, 0.05) is 12.7 Å². The molecule has 0 amide bonds. The molecule has 0 bridgehead atoms. The Bertz CT molecular complexity index is 785. The first kappa shape index (κ1) is 16.1. The molecule has 0 fully saturated rings. The van der Waals surface area contributed by atoms with Gasteiger partial charge in [0.15, 0.2) is 0 Å². The summed E-state index contributed by atoms with van der Waals surface area (Å²) < 4.78 is 5.88. The van der Waals surface area contributed by atoms with Crippen LogP contribution in [0.2, 0.25) is 0 Å². The topological polar surface area (TPSA) is 34.2 Å². The molecule has 1 heterocycles. The fraction of sp³-hybridized carbons (Fsp3) is 0.190. The van der Waals surface area contributed by atoms with Gasteiger partial charge in [-0.3, -0.25) is 0 Å². The summed E-state index contributed by atoms with van der Waals surface area (Å²) in [5.41, 5.74) is 2.44. The van der Waals surface area contributed by atoms with Gasteiger partial charge in [-0.1, -0.05) is 44.2 Å². The molecule has 3 nitrogen and oxygen atoms in total. The molecule has 2 aromatic carbocycles. The first-order valence-electron chi connectivity index (χ1n) is 8.22. The van der Waals surface area contributed by atoms with Gasteiger partial charge in [0.2, 0.25) is 0 Å². The maximum absolute atomic E-state index is 5.88. The molecular formula is C21H22N2O. The van der Waals surface area contributed by atoms with E-state index in [1.807, 2.05) is 54.7 Å². The summed E-state index contributed by atoms with van der Waals surface area (Å²) in [6, 6.07) is 22.1. The monoisotopic (exact) mass is 318 g/mol. The molecule has 24 heavy (non-hydrogen) atoms. The van der Waals surface area contributed by atoms with Crippen LogP contribution < -0.4 is 10.1 Å². The quantitative estimate of drug-likeness (QED) is 0.641. The van der Waals surface area contributed by atoms with Gasteiger partial charge in [-0.25, -0.2) is 4.98 Å².